The van der Waals surface area contributed by atoms with Gasteiger partial charge in [-0.2, -0.15) is 0 Å². The van der Waals surface area contributed by atoms with Crippen molar-refractivity contribution in [3.63, 3.8) is 0 Å². The monoisotopic (exact) mass is 426 g/mol. The van der Waals surface area contributed by atoms with Crippen molar-refractivity contribution >= 4 is 58.3 Å². The number of aliphatic carboxylic acids is 1. The van der Waals surface area contributed by atoms with Crippen molar-refractivity contribution in [3.05, 3.63) is 23.8 Å². The van der Waals surface area contributed by atoms with Crippen LogP contribution in [-0.2, 0) is 9.53 Å². The zero-order chi connectivity index (χ0) is 19.9. The van der Waals surface area contributed by atoms with Crippen LogP contribution in [0.1, 0.15) is 23.2 Å². The minimum Gasteiger partial charge on any atom is -0.497 e. The molecule has 0 bridgehead atoms. The fraction of sp³-hybridized carbons (Fsp3) is 0.400. The van der Waals surface area contributed by atoms with Gasteiger partial charge in [0, 0.05) is 23.7 Å². The SMILES string of the molecule is COc1ccc(C(=O)CCC(NC(=O)OCC(Cl)(Cl)Cl)C(=O)O)c(N)c1. The average molecular weight is 428 g/mol. The topological polar surface area (TPSA) is 128 Å². The Balaban J connectivity index is 2.64. The summed E-state index contributed by atoms with van der Waals surface area (Å²) in [5, 5.41) is 11.2. The van der Waals surface area contributed by atoms with Gasteiger partial charge in [-0.15, -0.1) is 0 Å². The zero-order valence-corrected chi connectivity index (χ0v) is 15.9. The molecule has 1 unspecified atom stereocenters. The number of amides is 1. The lowest BCUT2D eigenvalue weighted by molar-refractivity contribution is -0.139. The standard InChI is InChI=1S/C15H17Cl3N2O6/c1-25-8-2-3-9(10(19)6-8)12(21)5-4-11(13(22)23)20-14(24)26-7-15(16,17)18/h2-3,6,11H,4-5,7,19H2,1H3,(H,20,24)(H,22,23). The largest absolute Gasteiger partial charge is 0.497 e. The summed E-state index contributed by atoms with van der Waals surface area (Å²) >= 11 is 16.3. The van der Waals surface area contributed by atoms with E-state index >= 15 is 0 Å². The number of methoxy groups -OCH3 is 1. The number of carbonyl (C=O) groups is 3. The van der Waals surface area contributed by atoms with Gasteiger partial charge in [-0.1, -0.05) is 34.8 Å². The van der Waals surface area contributed by atoms with Gasteiger partial charge in [-0.05, 0) is 18.6 Å². The number of nitrogens with two attached hydrogens (primary N) is 1. The van der Waals surface area contributed by atoms with Gasteiger partial charge < -0.3 is 25.6 Å². The summed E-state index contributed by atoms with van der Waals surface area (Å²) in [6, 6.07) is 3.16. The van der Waals surface area contributed by atoms with E-state index in [4.69, 9.17) is 50.4 Å². The molecule has 144 valence electrons. The van der Waals surface area contributed by atoms with Crippen molar-refractivity contribution < 1.29 is 29.0 Å². The van der Waals surface area contributed by atoms with Crippen LogP contribution in [0, 0.1) is 0 Å². The molecule has 0 saturated heterocycles. The van der Waals surface area contributed by atoms with Crippen LogP contribution < -0.4 is 15.8 Å². The maximum atomic E-state index is 12.2. The lowest BCUT2D eigenvalue weighted by Gasteiger charge is -2.16. The van der Waals surface area contributed by atoms with Crippen LogP contribution in [-0.4, -0.2) is 46.5 Å². The number of benzene rings is 1. The number of ether oxygens (including phenoxy) is 2. The number of alkyl carbamates (subject to hydrolysis) is 1. The molecule has 0 spiro atoms. The van der Waals surface area contributed by atoms with Crippen LogP contribution in [0.15, 0.2) is 18.2 Å². The van der Waals surface area contributed by atoms with Gasteiger partial charge in [-0.3, -0.25) is 4.79 Å². The van der Waals surface area contributed by atoms with E-state index in [-0.39, 0.29) is 29.9 Å². The molecule has 0 radical (unpaired) electrons. The molecule has 11 heteroatoms. The first kappa shape index (κ1) is 22.1. The van der Waals surface area contributed by atoms with Crippen LogP contribution in [0.5, 0.6) is 5.75 Å². The highest BCUT2D eigenvalue weighted by Crippen LogP contribution is 2.26. The predicted octanol–water partition coefficient (Wildman–Crippen LogP) is 2.79. The van der Waals surface area contributed by atoms with Crippen LogP contribution in [0.25, 0.3) is 0 Å². The number of carbonyl (C=O) groups excluding carboxylic acids is 2. The number of Topliss-reactive ketones (excluding diaryl/α,β-unsaturated/α-hetero) is 1. The number of nitrogens with one attached hydrogen (secondary N) is 1. The Morgan fingerprint density at radius 1 is 1.31 bits per heavy atom. The number of alkyl halides is 3. The molecule has 0 saturated carbocycles. The van der Waals surface area contributed by atoms with E-state index in [1.807, 2.05) is 0 Å². The molecule has 0 aliphatic carbocycles. The summed E-state index contributed by atoms with van der Waals surface area (Å²) in [7, 11) is 1.46. The molecule has 8 nitrogen and oxygen atoms in total. The van der Waals surface area contributed by atoms with Gasteiger partial charge in [0.15, 0.2) is 5.78 Å². The number of carboxylic acid groups (broad SMARTS) is 1. The van der Waals surface area contributed by atoms with Crippen molar-refractivity contribution in [3.8, 4) is 5.75 Å². The number of carboxylic acids is 1. The van der Waals surface area contributed by atoms with E-state index in [0.29, 0.717) is 5.75 Å². The van der Waals surface area contributed by atoms with Gasteiger partial charge in [0.2, 0.25) is 3.79 Å². The quantitative estimate of drug-likeness (QED) is 0.330. The normalized spacial score (nSPS) is 12.2. The molecule has 0 fully saturated rings. The first-order valence-electron chi connectivity index (χ1n) is 7.23. The molecule has 1 rings (SSSR count). The van der Waals surface area contributed by atoms with Gasteiger partial charge in [-0.25, -0.2) is 9.59 Å². The fourth-order valence-corrected chi connectivity index (χ4v) is 2.08. The van der Waals surface area contributed by atoms with E-state index < -0.39 is 28.5 Å². The van der Waals surface area contributed by atoms with Gasteiger partial charge in [0.1, 0.15) is 18.4 Å². The summed E-state index contributed by atoms with van der Waals surface area (Å²) in [6.07, 6.45) is -1.43. The maximum absolute atomic E-state index is 12.2. The molecular formula is C15H17Cl3N2O6. The van der Waals surface area contributed by atoms with Crippen LogP contribution in [0.3, 0.4) is 0 Å². The van der Waals surface area contributed by atoms with Crippen molar-refractivity contribution in [2.75, 3.05) is 19.5 Å². The predicted molar refractivity (Wildman–Crippen MR) is 97.2 cm³/mol. The smallest absolute Gasteiger partial charge is 0.407 e. The number of ketones is 1. The Morgan fingerprint density at radius 3 is 2.46 bits per heavy atom. The molecule has 1 amide bonds. The Hall–Kier alpha value is -1.90. The summed E-state index contributed by atoms with van der Waals surface area (Å²) in [6.45, 7) is -0.558. The van der Waals surface area contributed by atoms with Crippen LogP contribution >= 0.6 is 34.8 Å². The third kappa shape index (κ3) is 7.55. The van der Waals surface area contributed by atoms with E-state index in [2.05, 4.69) is 10.1 Å². The van der Waals surface area contributed by atoms with Crippen molar-refractivity contribution in [2.45, 2.75) is 22.7 Å². The molecule has 0 heterocycles. The molecular weight excluding hydrogens is 411 g/mol. The second-order valence-corrected chi connectivity index (χ2v) is 7.66. The highest BCUT2D eigenvalue weighted by Gasteiger charge is 2.26. The fourth-order valence-electron chi connectivity index (χ4n) is 1.92. The maximum Gasteiger partial charge on any atom is 0.407 e. The summed E-state index contributed by atoms with van der Waals surface area (Å²) in [4.78, 5) is 35.0. The van der Waals surface area contributed by atoms with E-state index in [9.17, 15) is 14.4 Å². The number of nitrogen functional groups attached to an aromatic ring is 1. The highest BCUT2D eigenvalue weighted by molar-refractivity contribution is 6.67. The van der Waals surface area contributed by atoms with Crippen molar-refractivity contribution in [2.24, 2.45) is 0 Å². The minimum atomic E-state index is -1.82. The number of halogens is 3. The second kappa shape index (κ2) is 9.70. The lowest BCUT2D eigenvalue weighted by atomic mass is 10.0. The molecule has 1 aromatic rings. The first-order valence-corrected chi connectivity index (χ1v) is 8.36. The van der Waals surface area contributed by atoms with Crippen LogP contribution in [0.2, 0.25) is 0 Å². The molecule has 0 aliphatic rings. The van der Waals surface area contributed by atoms with E-state index in [1.54, 1.807) is 6.07 Å². The number of hydrogen-bond donors (Lipinski definition) is 3. The minimum absolute atomic E-state index is 0.168. The first-order chi connectivity index (χ1) is 12.0. The van der Waals surface area contributed by atoms with Crippen molar-refractivity contribution in [1.82, 2.24) is 5.32 Å². The van der Waals surface area contributed by atoms with Gasteiger partial charge >= 0.3 is 12.1 Å². The third-order valence-corrected chi connectivity index (χ3v) is 3.50. The molecule has 1 aromatic carbocycles. The van der Waals surface area contributed by atoms with Gasteiger partial charge in [0.05, 0.1) is 7.11 Å². The third-order valence-electron chi connectivity index (χ3n) is 3.18. The average Bonchev–Trinajstić information content (AvgIpc) is 2.55. The molecule has 4 N–H and O–H groups in total. The Morgan fingerprint density at radius 2 is 1.96 bits per heavy atom. The number of hydrogen-bond acceptors (Lipinski definition) is 6. The molecule has 1 atom stereocenters. The van der Waals surface area contributed by atoms with Crippen molar-refractivity contribution in [1.29, 1.82) is 0 Å². The number of anilines is 1. The molecule has 26 heavy (non-hydrogen) atoms. The Kier molecular flexibility index (Phi) is 8.26. The Bertz CT molecular complexity index is 678. The number of rotatable bonds is 8. The summed E-state index contributed by atoms with van der Waals surface area (Å²) in [5.74, 6) is -1.24. The lowest BCUT2D eigenvalue weighted by Crippen LogP contribution is -2.42. The molecule has 0 aromatic heterocycles. The Labute approximate surface area is 164 Å². The van der Waals surface area contributed by atoms with Gasteiger partial charge in [0.25, 0.3) is 0 Å². The van der Waals surface area contributed by atoms with E-state index in [0.717, 1.165) is 0 Å². The van der Waals surface area contributed by atoms with Crippen LogP contribution in [0.4, 0.5) is 10.5 Å². The zero-order valence-electron chi connectivity index (χ0n) is 13.6. The van der Waals surface area contributed by atoms with E-state index in [1.165, 1.54) is 19.2 Å². The summed E-state index contributed by atoms with van der Waals surface area (Å²) in [5.41, 5.74) is 6.22. The second-order valence-electron chi connectivity index (χ2n) is 5.14. The summed E-state index contributed by atoms with van der Waals surface area (Å²) < 4.78 is 7.77. The highest BCUT2D eigenvalue weighted by atomic mass is 35.6. The molecule has 0 aliphatic heterocycles.